The highest BCUT2D eigenvalue weighted by atomic mass is 19.3. The molecule has 1 N–H and O–H groups in total. The van der Waals surface area contributed by atoms with Crippen molar-refractivity contribution in [2.45, 2.75) is 32.4 Å². The fourth-order valence-electron chi connectivity index (χ4n) is 2.93. The number of hydrogen-bond acceptors (Lipinski definition) is 4. The van der Waals surface area contributed by atoms with Crippen molar-refractivity contribution in [3.05, 3.63) is 53.7 Å². The number of carbonyl (C=O) groups excluding carboxylic acids is 1. The smallest absolute Gasteiger partial charge is 0.387 e. The van der Waals surface area contributed by atoms with Crippen LogP contribution in [0.2, 0.25) is 0 Å². The van der Waals surface area contributed by atoms with Crippen molar-refractivity contribution in [1.29, 1.82) is 0 Å². The normalized spacial score (nSPS) is 13.9. The molecule has 1 aromatic heterocycles. The van der Waals surface area contributed by atoms with Gasteiger partial charge in [0.15, 0.2) is 0 Å². The number of anilines is 1. The molecule has 1 aliphatic rings. The van der Waals surface area contributed by atoms with E-state index in [1.807, 2.05) is 12.1 Å². The molecule has 138 valence electrons. The molecular weight excluding hydrogens is 340 g/mol. The Morgan fingerprint density at radius 2 is 1.88 bits per heavy atom. The first kappa shape index (κ1) is 18.1. The summed E-state index contributed by atoms with van der Waals surface area (Å²) in [5, 5.41) is 2.88. The van der Waals surface area contributed by atoms with Gasteiger partial charge < -0.3 is 15.0 Å². The summed E-state index contributed by atoms with van der Waals surface area (Å²) in [5.74, 6) is 0.895. The van der Waals surface area contributed by atoms with Crippen molar-refractivity contribution >= 4 is 11.7 Å². The first-order chi connectivity index (χ1) is 12.6. The maximum atomic E-state index is 12.1. The lowest BCUT2D eigenvalue weighted by atomic mass is 10.1. The van der Waals surface area contributed by atoms with Crippen LogP contribution in [-0.2, 0) is 17.8 Å². The summed E-state index contributed by atoms with van der Waals surface area (Å²) in [6.45, 7) is -0.383. The zero-order valence-corrected chi connectivity index (χ0v) is 14.3. The van der Waals surface area contributed by atoms with Crippen LogP contribution in [0.25, 0.3) is 0 Å². The Labute approximate surface area is 151 Å². The molecule has 5 nitrogen and oxygen atoms in total. The van der Waals surface area contributed by atoms with E-state index in [1.54, 1.807) is 18.3 Å². The quantitative estimate of drug-likeness (QED) is 0.823. The fraction of sp³-hybridized carbons (Fsp3) is 0.368. The predicted molar refractivity (Wildman–Crippen MR) is 94.3 cm³/mol. The fourth-order valence-corrected chi connectivity index (χ4v) is 2.93. The summed E-state index contributed by atoms with van der Waals surface area (Å²) < 4.78 is 28.5. The van der Waals surface area contributed by atoms with Crippen molar-refractivity contribution in [3.63, 3.8) is 0 Å². The number of benzene rings is 1. The average molecular weight is 361 g/mol. The monoisotopic (exact) mass is 361 g/mol. The Kier molecular flexibility index (Phi) is 5.99. The van der Waals surface area contributed by atoms with Crippen LogP contribution in [0.4, 0.5) is 14.6 Å². The number of nitrogens with one attached hydrogen (secondary N) is 1. The van der Waals surface area contributed by atoms with Crippen LogP contribution in [0, 0.1) is 0 Å². The van der Waals surface area contributed by atoms with Crippen molar-refractivity contribution < 1.29 is 18.3 Å². The molecule has 2 aromatic rings. The molecule has 1 amide bonds. The highest BCUT2D eigenvalue weighted by molar-refractivity contribution is 5.78. The van der Waals surface area contributed by atoms with Crippen LogP contribution in [0.15, 0.2) is 42.6 Å². The average Bonchev–Trinajstić information content (AvgIpc) is 3.16. The van der Waals surface area contributed by atoms with Gasteiger partial charge in [-0.3, -0.25) is 4.79 Å². The highest BCUT2D eigenvalue weighted by Crippen LogP contribution is 2.18. The Morgan fingerprint density at radius 1 is 1.15 bits per heavy atom. The van der Waals surface area contributed by atoms with E-state index < -0.39 is 6.61 Å². The van der Waals surface area contributed by atoms with E-state index in [1.165, 1.54) is 25.0 Å². The molecule has 0 unspecified atom stereocenters. The zero-order valence-electron chi connectivity index (χ0n) is 14.3. The third-order valence-corrected chi connectivity index (χ3v) is 4.24. The van der Waals surface area contributed by atoms with Gasteiger partial charge in [-0.05, 0) is 48.2 Å². The molecule has 26 heavy (non-hydrogen) atoms. The minimum atomic E-state index is -2.85. The minimum absolute atomic E-state index is 0.0791. The molecule has 0 aliphatic carbocycles. The number of alkyl halides is 2. The number of amides is 1. The third-order valence-electron chi connectivity index (χ3n) is 4.24. The van der Waals surface area contributed by atoms with Crippen LogP contribution in [-0.4, -0.2) is 30.6 Å². The number of halogens is 2. The maximum absolute atomic E-state index is 12.1. The molecule has 1 saturated heterocycles. The lowest BCUT2D eigenvalue weighted by molar-refractivity contribution is -0.120. The lowest BCUT2D eigenvalue weighted by Gasteiger charge is -2.17. The van der Waals surface area contributed by atoms with Gasteiger partial charge in [0, 0.05) is 25.8 Å². The molecule has 1 aliphatic heterocycles. The molecular formula is C19H21F2N3O2. The van der Waals surface area contributed by atoms with Gasteiger partial charge in [0.2, 0.25) is 5.91 Å². The number of aromatic nitrogens is 1. The van der Waals surface area contributed by atoms with Gasteiger partial charge in [-0.15, -0.1) is 0 Å². The number of rotatable bonds is 7. The van der Waals surface area contributed by atoms with Crippen LogP contribution in [0.1, 0.15) is 24.0 Å². The zero-order chi connectivity index (χ0) is 18.4. The van der Waals surface area contributed by atoms with E-state index in [0.717, 1.165) is 30.0 Å². The molecule has 1 aromatic carbocycles. The first-order valence-electron chi connectivity index (χ1n) is 8.60. The van der Waals surface area contributed by atoms with Crippen LogP contribution < -0.4 is 15.0 Å². The predicted octanol–water partition coefficient (Wildman–Crippen LogP) is 3.14. The second-order valence-corrected chi connectivity index (χ2v) is 6.19. The van der Waals surface area contributed by atoms with E-state index in [0.29, 0.717) is 6.54 Å². The number of hydrogen-bond donors (Lipinski definition) is 1. The van der Waals surface area contributed by atoms with E-state index in [2.05, 4.69) is 19.9 Å². The van der Waals surface area contributed by atoms with Gasteiger partial charge in [-0.1, -0.05) is 12.1 Å². The van der Waals surface area contributed by atoms with Gasteiger partial charge in [0.1, 0.15) is 11.6 Å². The highest BCUT2D eigenvalue weighted by Gasteiger charge is 2.13. The summed E-state index contributed by atoms with van der Waals surface area (Å²) in [7, 11) is 0. The standard InChI is InChI=1S/C19H21F2N3O2/c20-19(21)26-16-5-3-14(4-6-16)12-18(25)23-13-15-7-8-22-17(11-15)24-9-1-2-10-24/h3-8,11,19H,1-2,9-10,12-13H2,(H,23,25). The number of carbonyl (C=O) groups is 1. The molecule has 3 rings (SSSR count). The van der Waals surface area contributed by atoms with E-state index in [-0.39, 0.29) is 18.1 Å². The van der Waals surface area contributed by atoms with Gasteiger partial charge in [-0.25, -0.2) is 4.98 Å². The molecule has 1 fully saturated rings. The van der Waals surface area contributed by atoms with Gasteiger partial charge >= 0.3 is 6.61 Å². The third kappa shape index (κ3) is 5.15. The van der Waals surface area contributed by atoms with Gasteiger partial charge in [-0.2, -0.15) is 8.78 Å². The van der Waals surface area contributed by atoms with Crippen LogP contribution >= 0.6 is 0 Å². The molecule has 0 saturated carbocycles. The largest absolute Gasteiger partial charge is 0.435 e. The minimum Gasteiger partial charge on any atom is -0.435 e. The first-order valence-corrected chi connectivity index (χ1v) is 8.60. The Bertz CT molecular complexity index is 732. The van der Waals surface area contributed by atoms with Crippen LogP contribution in [0.3, 0.4) is 0 Å². The Hall–Kier alpha value is -2.70. The number of pyridine rings is 1. The van der Waals surface area contributed by atoms with Gasteiger partial charge in [0.05, 0.1) is 6.42 Å². The molecule has 0 bridgehead atoms. The van der Waals surface area contributed by atoms with Crippen molar-refractivity contribution in [2.75, 3.05) is 18.0 Å². The van der Waals surface area contributed by atoms with Crippen molar-refractivity contribution in [2.24, 2.45) is 0 Å². The summed E-state index contributed by atoms with van der Waals surface area (Å²) in [5.41, 5.74) is 1.73. The second-order valence-electron chi connectivity index (χ2n) is 6.19. The molecule has 0 atom stereocenters. The molecule has 0 spiro atoms. The second kappa shape index (κ2) is 8.60. The summed E-state index contributed by atoms with van der Waals surface area (Å²) in [4.78, 5) is 18.7. The van der Waals surface area contributed by atoms with Crippen molar-refractivity contribution in [1.82, 2.24) is 10.3 Å². The SMILES string of the molecule is O=C(Cc1ccc(OC(F)F)cc1)NCc1ccnc(N2CCCC2)c1. The topological polar surface area (TPSA) is 54.5 Å². The van der Waals surface area contributed by atoms with Crippen molar-refractivity contribution in [3.8, 4) is 5.75 Å². The Morgan fingerprint density at radius 3 is 2.58 bits per heavy atom. The molecule has 7 heteroatoms. The van der Waals surface area contributed by atoms with E-state index in [9.17, 15) is 13.6 Å². The van der Waals surface area contributed by atoms with E-state index >= 15 is 0 Å². The number of ether oxygens (including phenoxy) is 1. The van der Waals surface area contributed by atoms with Crippen LogP contribution in [0.5, 0.6) is 5.75 Å². The molecule has 2 heterocycles. The van der Waals surface area contributed by atoms with Gasteiger partial charge in [0.25, 0.3) is 0 Å². The van der Waals surface area contributed by atoms with E-state index in [4.69, 9.17) is 0 Å². The summed E-state index contributed by atoms with van der Waals surface area (Å²) >= 11 is 0. The summed E-state index contributed by atoms with van der Waals surface area (Å²) in [6.07, 6.45) is 4.31. The lowest BCUT2D eigenvalue weighted by Crippen LogP contribution is -2.25. The number of nitrogens with zero attached hydrogens (tertiary/aromatic N) is 2. The summed E-state index contributed by atoms with van der Waals surface area (Å²) in [6, 6.07) is 9.96. The molecule has 0 radical (unpaired) electrons. The maximum Gasteiger partial charge on any atom is 0.387 e. The Balaban J connectivity index is 1.50.